The second-order valence-corrected chi connectivity index (χ2v) is 8.42. The van der Waals surface area contributed by atoms with E-state index in [0.717, 1.165) is 28.5 Å². The van der Waals surface area contributed by atoms with Crippen molar-refractivity contribution in [3.8, 4) is 11.3 Å². The van der Waals surface area contributed by atoms with E-state index >= 15 is 0 Å². The number of aromatic nitrogens is 2. The van der Waals surface area contributed by atoms with E-state index < -0.39 is 11.9 Å². The van der Waals surface area contributed by atoms with Crippen LogP contribution in [0.25, 0.3) is 11.3 Å². The third-order valence-corrected chi connectivity index (χ3v) is 6.14. The van der Waals surface area contributed by atoms with Gasteiger partial charge in [0.15, 0.2) is 10.9 Å². The van der Waals surface area contributed by atoms with Gasteiger partial charge in [-0.25, -0.2) is 9.97 Å². The number of hydrogen-bond donors (Lipinski definition) is 1. The minimum Gasteiger partial charge on any atom is -0.325 e. The van der Waals surface area contributed by atoms with Gasteiger partial charge in [0.25, 0.3) is 0 Å². The standard InChI is InChI=1S/C23H20F3N3OS/c1-13-7-9-16(11-14(13)2)27-19(30)12-31-22-28-20-17-6-4-3-5-15(17)8-10-18(20)21(29-22)23(24,25)26/h3-7,9,11H,8,10,12H2,1-2H3,(H,27,30). The summed E-state index contributed by atoms with van der Waals surface area (Å²) in [6, 6.07) is 12.9. The molecule has 4 rings (SSSR count). The van der Waals surface area contributed by atoms with E-state index in [1.807, 2.05) is 38.1 Å². The first-order valence-corrected chi connectivity index (χ1v) is 10.8. The topological polar surface area (TPSA) is 54.9 Å². The van der Waals surface area contributed by atoms with Crippen molar-refractivity contribution in [1.82, 2.24) is 9.97 Å². The largest absolute Gasteiger partial charge is 0.433 e. The van der Waals surface area contributed by atoms with Gasteiger partial charge in [0.2, 0.25) is 5.91 Å². The molecule has 0 bridgehead atoms. The van der Waals surface area contributed by atoms with Crippen LogP contribution in [0.2, 0.25) is 0 Å². The van der Waals surface area contributed by atoms with Crippen molar-refractivity contribution in [3.63, 3.8) is 0 Å². The molecule has 1 aliphatic rings. The van der Waals surface area contributed by atoms with E-state index in [2.05, 4.69) is 15.3 Å². The van der Waals surface area contributed by atoms with Crippen LogP contribution in [0.4, 0.5) is 18.9 Å². The van der Waals surface area contributed by atoms with Crippen LogP contribution in [-0.2, 0) is 23.8 Å². The third kappa shape index (κ3) is 4.58. The highest BCUT2D eigenvalue weighted by atomic mass is 32.2. The molecule has 0 unspecified atom stereocenters. The van der Waals surface area contributed by atoms with Crippen molar-refractivity contribution >= 4 is 23.4 Å². The molecule has 3 aromatic rings. The predicted molar refractivity (Wildman–Crippen MR) is 115 cm³/mol. The maximum absolute atomic E-state index is 13.7. The normalized spacial score (nSPS) is 12.8. The molecule has 0 spiro atoms. The van der Waals surface area contributed by atoms with Gasteiger partial charge < -0.3 is 5.32 Å². The first kappa shape index (κ1) is 21.4. The first-order valence-electron chi connectivity index (χ1n) is 9.78. The summed E-state index contributed by atoms with van der Waals surface area (Å²) in [7, 11) is 0. The first-order chi connectivity index (χ1) is 14.7. The zero-order chi connectivity index (χ0) is 22.2. The van der Waals surface area contributed by atoms with Gasteiger partial charge in [0, 0.05) is 16.8 Å². The Kier molecular flexibility index (Phi) is 5.75. The van der Waals surface area contributed by atoms with Crippen LogP contribution in [0.15, 0.2) is 47.6 Å². The van der Waals surface area contributed by atoms with Gasteiger partial charge in [-0.3, -0.25) is 4.79 Å². The van der Waals surface area contributed by atoms with Gasteiger partial charge in [-0.1, -0.05) is 42.1 Å². The van der Waals surface area contributed by atoms with Gasteiger partial charge in [-0.2, -0.15) is 13.2 Å². The van der Waals surface area contributed by atoms with Gasteiger partial charge in [0.1, 0.15) is 0 Å². The highest BCUT2D eigenvalue weighted by Gasteiger charge is 2.38. The smallest absolute Gasteiger partial charge is 0.325 e. The number of benzene rings is 2. The highest BCUT2D eigenvalue weighted by molar-refractivity contribution is 7.99. The van der Waals surface area contributed by atoms with Crippen LogP contribution in [0.3, 0.4) is 0 Å². The number of halogens is 3. The molecule has 1 aliphatic carbocycles. The molecule has 8 heteroatoms. The lowest BCUT2D eigenvalue weighted by Gasteiger charge is -2.22. The Labute approximate surface area is 182 Å². The number of hydrogen-bond acceptors (Lipinski definition) is 4. The summed E-state index contributed by atoms with van der Waals surface area (Å²) in [5.74, 6) is -0.423. The number of aryl methyl sites for hydroxylation is 3. The second kappa shape index (κ2) is 8.34. The molecule has 1 amide bonds. The average Bonchev–Trinajstić information content (AvgIpc) is 2.73. The third-order valence-electron chi connectivity index (χ3n) is 5.29. The average molecular weight is 443 g/mol. The molecule has 0 saturated carbocycles. The number of thioether (sulfide) groups is 1. The number of amides is 1. The van der Waals surface area contributed by atoms with Crippen LogP contribution >= 0.6 is 11.8 Å². The zero-order valence-corrected chi connectivity index (χ0v) is 17.8. The maximum Gasteiger partial charge on any atom is 0.433 e. The van der Waals surface area contributed by atoms with Crippen molar-refractivity contribution in [2.45, 2.75) is 38.0 Å². The van der Waals surface area contributed by atoms with Crippen molar-refractivity contribution in [1.29, 1.82) is 0 Å². The number of carbonyl (C=O) groups excluding carboxylic acids is 1. The Bertz CT molecular complexity index is 1160. The summed E-state index contributed by atoms with van der Waals surface area (Å²) in [6.07, 6.45) is -3.84. The Balaban J connectivity index is 1.59. The van der Waals surface area contributed by atoms with E-state index in [0.29, 0.717) is 23.4 Å². The Morgan fingerprint density at radius 2 is 1.84 bits per heavy atom. The molecule has 0 aliphatic heterocycles. The van der Waals surface area contributed by atoms with Crippen LogP contribution in [0, 0.1) is 13.8 Å². The number of anilines is 1. The fourth-order valence-electron chi connectivity index (χ4n) is 3.60. The number of nitrogens with one attached hydrogen (secondary N) is 1. The molecule has 0 saturated heterocycles. The monoisotopic (exact) mass is 443 g/mol. The summed E-state index contributed by atoms with van der Waals surface area (Å²) >= 11 is 0.899. The maximum atomic E-state index is 13.7. The van der Waals surface area contributed by atoms with Crippen LogP contribution in [0.1, 0.15) is 27.9 Å². The lowest BCUT2D eigenvalue weighted by Crippen LogP contribution is -2.19. The predicted octanol–water partition coefficient (Wildman–Crippen LogP) is 5.61. The molecular weight excluding hydrogens is 423 g/mol. The van der Waals surface area contributed by atoms with Gasteiger partial charge in [-0.05, 0) is 55.5 Å². The van der Waals surface area contributed by atoms with Crippen molar-refractivity contribution in [3.05, 3.63) is 70.4 Å². The zero-order valence-electron chi connectivity index (χ0n) is 17.0. The molecule has 0 radical (unpaired) electrons. The van der Waals surface area contributed by atoms with Gasteiger partial charge in [0.05, 0.1) is 11.4 Å². The van der Waals surface area contributed by atoms with Gasteiger partial charge in [-0.15, -0.1) is 0 Å². The SMILES string of the molecule is Cc1ccc(NC(=O)CSc2nc3c(c(C(F)(F)F)n2)CCc2ccccc2-3)cc1C. The molecule has 4 nitrogen and oxygen atoms in total. The second-order valence-electron chi connectivity index (χ2n) is 7.47. The van der Waals surface area contributed by atoms with E-state index in [-0.39, 0.29) is 28.8 Å². The number of alkyl halides is 3. The quantitative estimate of drug-likeness (QED) is 0.421. The summed E-state index contributed by atoms with van der Waals surface area (Å²) in [6.45, 7) is 3.91. The molecule has 1 aromatic heterocycles. The van der Waals surface area contributed by atoms with Crippen LogP contribution in [-0.4, -0.2) is 21.6 Å². The van der Waals surface area contributed by atoms with E-state index in [4.69, 9.17) is 0 Å². The molecule has 31 heavy (non-hydrogen) atoms. The highest BCUT2D eigenvalue weighted by Crippen LogP contribution is 2.40. The Morgan fingerprint density at radius 1 is 1.06 bits per heavy atom. The van der Waals surface area contributed by atoms with Crippen molar-refractivity contribution in [2.75, 3.05) is 11.1 Å². The van der Waals surface area contributed by atoms with E-state index in [1.54, 1.807) is 18.2 Å². The molecule has 2 aromatic carbocycles. The summed E-state index contributed by atoms with van der Waals surface area (Å²) in [5, 5.41) is 2.71. The van der Waals surface area contributed by atoms with Crippen LogP contribution < -0.4 is 5.32 Å². The molecule has 0 atom stereocenters. The number of fused-ring (bicyclic) bond motifs is 3. The van der Waals surface area contributed by atoms with Crippen LogP contribution in [0.5, 0.6) is 0 Å². The fraction of sp³-hybridized carbons (Fsp3) is 0.261. The Hall–Kier alpha value is -2.87. The van der Waals surface area contributed by atoms with Gasteiger partial charge >= 0.3 is 6.18 Å². The molecule has 1 heterocycles. The number of nitrogens with zero attached hydrogens (tertiary/aromatic N) is 2. The summed E-state index contributed by atoms with van der Waals surface area (Å²) < 4.78 is 41.1. The fourth-order valence-corrected chi connectivity index (χ4v) is 4.24. The van der Waals surface area contributed by atoms with Crippen molar-refractivity contribution in [2.24, 2.45) is 0 Å². The van der Waals surface area contributed by atoms with E-state index in [1.165, 1.54) is 0 Å². The molecule has 160 valence electrons. The summed E-state index contributed by atoms with van der Waals surface area (Å²) in [4.78, 5) is 20.5. The molecule has 1 N–H and O–H groups in total. The Morgan fingerprint density at radius 3 is 2.58 bits per heavy atom. The lowest BCUT2D eigenvalue weighted by atomic mass is 9.88. The lowest BCUT2D eigenvalue weighted by molar-refractivity contribution is -0.142. The summed E-state index contributed by atoms with van der Waals surface area (Å²) in [5.41, 5.74) is 3.96. The van der Waals surface area contributed by atoms with E-state index in [9.17, 15) is 18.0 Å². The number of carbonyl (C=O) groups is 1. The molecule has 0 fully saturated rings. The van der Waals surface area contributed by atoms with Crippen molar-refractivity contribution < 1.29 is 18.0 Å². The minimum absolute atomic E-state index is 0.0574. The molecular formula is C23H20F3N3OS. The minimum atomic E-state index is -4.59. The number of rotatable bonds is 4.